The lowest BCUT2D eigenvalue weighted by Crippen LogP contribution is -2.52. The number of carboxylic acids is 1. The lowest BCUT2D eigenvalue weighted by molar-refractivity contribution is -0.138. The molecule has 1 N–H and O–H groups in total. The maximum atomic E-state index is 11.3. The summed E-state index contributed by atoms with van der Waals surface area (Å²) in [6.07, 6.45) is 4.21. The molecule has 0 spiro atoms. The second-order valence-corrected chi connectivity index (χ2v) is 24.6. The van der Waals surface area contributed by atoms with Crippen LogP contribution in [0.3, 0.4) is 0 Å². The van der Waals surface area contributed by atoms with E-state index in [9.17, 15) is 9.59 Å². The maximum Gasteiger partial charge on any atom is 0.330 e. The highest BCUT2D eigenvalue weighted by atomic mass is 28.5. The highest BCUT2D eigenvalue weighted by Crippen LogP contribution is 2.34. The molecule has 188 valence electrons. The quantitative estimate of drug-likeness (QED) is 0.181. The first-order valence-corrected chi connectivity index (χ1v) is 22.4. The third-order valence-corrected chi connectivity index (χ3v) is 18.7. The molecule has 0 aliphatic carbocycles. The Morgan fingerprint density at radius 3 is 1.94 bits per heavy atom. The van der Waals surface area contributed by atoms with Gasteiger partial charge in [0, 0.05) is 11.6 Å². The smallest absolute Gasteiger partial charge is 0.330 e. The van der Waals surface area contributed by atoms with E-state index >= 15 is 0 Å². The SMILES string of the molecule is C=C(C)C(=O)O.C=CC(=O)OCCC(CCC)[Si](C)(C)O[Si](C)(C)O[SiH](C)O[Si](C)(C)C. The summed E-state index contributed by atoms with van der Waals surface area (Å²) >= 11 is 0. The van der Waals surface area contributed by atoms with Crippen LogP contribution in [0.1, 0.15) is 33.1 Å². The van der Waals surface area contributed by atoms with Gasteiger partial charge in [0.1, 0.15) is 0 Å². The highest BCUT2D eigenvalue weighted by Gasteiger charge is 2.41. The summed E-state index contributed by atoms with van der Waals surface area (Å²) < 4.78 is 24.4. The van der Waals surface area contributed by atoms with Crippen molar-refractivity contribution in [2.75, 3.05) is 6.61 Å². The fraction of sp³-hybridized carbons (Fsp3) is 0.714. The van der Waals surface area contributed by atoms with Crippen molar-refractivity contribution >= 4 is 46.4 Å². The summed E-state index contributed by atoms with van der Waals surface area (Å²) in [4.78, 5) is 20.9. The van der Waals surface area contributed by atoms with Crippen LogP contribution in [0.4, 0.5) is 0 Å². The molecule has 32 heavy (non-hydrogen) atoms. The third-order valence-electron chi connectivity index (χ3n) is 4.34. The van der Waals surface area contributed by atoms with Crippen LogP contribution in [0.2, 0.25) is 57.9 Å². The molecule has 0 aliphatic rings. The number of esters is 1. The third kappa shape index (κ3) is 17.7. The minimum Gasteiger partial charge on any atom is -0.478 e. The average molecular weight is 523 g/mol. The molecule has 0 rings (SSSR count). The number of rotatable bonds is 14. The van der Waals surface area contributed by atoms with E-state index in [0.29, 0.717) is 12.1 Å². The summed E-state index contributed by atoms with van der Waals surface area (Å²) in [5.74, 6) is -1.29. The largest absolute Gasteiger partial charge is 0.478 e. The number of hydrogen-bond acceptors (Lipinski definition) is 6. The van der Waals surface area contributed by atoms with E-state index < -0.39 is 40.4 Å². The number of ether oxygens (including phenoxy) is 1. The zero-order valence-corrected chi connectivity index (χ0v) is 26.0. The van der Waals surface area contributed by atoms with Gasteiger partial charge in [-0.2, -0.15) is 0 Å². The first-order chi connectivity index (χ1) is 14.4. The molecule has 0 radical (unpaired) electrons. The average Bonchev–Trinajstić information content (AvgIpc) is 2.57. The number of carbonyl (C=O) groups is 2. The monoisotopic (exact) mass is 522 g/mol. The summed E-state index contributed by atoms with van der Waals surface area (Å²) in [5, 5.41) is 7.89. The van der Waals surface area contributed by atoms with Crippen LogP contribution in [0.15, 0.2) is 24.8 Å². The van der Waals surface area contributed by atoms with Crippen LogP contribution in [0.5, 0.6) is 0 Å². The predicted octanol–water partition coefficient (Wildman–Crippen LogP) is 5.57. The van der Waals surface area contributed by atoms with Gasteiger partial charge >= 0.3 is 20.5 Å². The molecule has 0 saturated carbocycles. The van der Waals surface area contributed by atoms with Gasteiger partial charge in [0.25, 0.3) is 9.28 Å². The second kappa shape index (κ2) is 15.1. The topological polar surface area (TPSA) is 91.3 Å². The molecule has 0 bridgehead atoms. The van der Waals surface area contributed by atoms with E-state index in [1.807, 2.05) is 0 Å². The van der Waals surface area contributed by atoms with Crippen LogP contribution < -0.4 is 0 Å². The lowest BCUT2D eigenvalue weighted by Gasteiger charge is -2.40. The van der Waals surface area contributed by atoms with Gasteiger partial charge in [0.05, 0.1) is 6.61 Å². The standard InChI is InChI=1S/C17H40O5Si4.C4H6O2/c1-11-13-16(14-15-19-17(18)12-2)25(7,8)22-26(9,10)21-23(3)20-24(4,5)6;1-3(2)4(5)6/h12,16,23H,2,11,13-15H2,1,3-10H3;1H2,2H3,(H,5,6). The van der Waals surface area contributed by atoms with Crippen molar-refractivity contribution in [2.45, 2.75) is 91.0 Å². The molecule has 11 heteroatoms. The Kier molecular flexibility index (Phi) is 15.8. The number of carbonyl (C=O) groups excluding carboxylic acids is 1. The van der Waals surface area contributed by atoms with E-state index in [4.69, 9.17) is 22.2 Å². The van der Waals surface area contributed by atoms with Gasteiger partial charge in [0.2, 0.25) is 0 Å². The molecule has 0 aromatic rings. The summed E-state index contributed by atoms with van der Waals surface area (Å²) in [5.41, 5.74) is 0.602. The Hall–Kier alpha value is -0.832. The Bertz CT molecular complexity index is 604. The zero-order valence-electron chi connectivity index (χ0n) is 21.9. The van der Waals surface area contributed by atoms with Gasteiger partial charge in [-0.3, -0.25) is 0 Å². The van der Waals surface area contributed by atoms with Crippen molar-refractivity contribution in [1.82, 2.24) is 0 Å². The Labute approximate surface area is 200 Å². The van der Waals surface area contributed by atoms with Crippen LogP contribution in [-0.4, -0.2) is 58.1 Å². The summed E-state index contributed by atoms with van der Waals surface area (Å²) in [7, 11) is -7.54. The molecule has 0 aromatic carbocycles. The van der Waals surface area contributed by atoms with Gasteiger partial charge < -0.3 is 22.2 Å². The first kappa shape index (κ1) is 33.3. The fourth-order valence-corrected chi connectivity index (χ4v) is 19.2. The molecular weight excluding hydrogens is 477 g/mol. The van der Waals surface area contributed by atoms with Crippen LogP contribution in [0.25, 0.3) is 0 Å². The van der Waals surface area contributed by atoms with Crippen molar-refractivity contribution in [2.24, 2.45) is 0 Å². The molecule has 0 amide bonds. The minimum atomic E-state index is -2.26. The molecule has 0 aliphatic heterocycles. The van der Waals surface area contributed by atoms with Gasteiger partial charge in [-0.25, -0.2) is 9.59 Å². The Morgan fingerprint density at radius 1 is 1.06 bits per heavy atom. The Balaban J connectivity index is 0. The fourth-order valence-electron chi connectivity index (χ4n) is 3.21. The maximum absolute atomic E-state index is 11.3. The van der Waals surface area contributed by atoms with Crippen LogP contribution in [0, 0.1) is 0 Å². The normalized spacial score (nSPS) is 13.9. The van der Waals surface area contributed by atoms with Crippen LogP contribution >= 0.6 is 0 Å². The summed E-state index contributed by atoms with van der Waals surface area (Å²) in [6.45, 7) is 28.1. The van der Waals surface area contributed by atoms with Crippen molar-refractivity contribution in [3.05, 3.63) is 24.8 Å². The molecule has 2 unspecified atom stereocenters. The molecule has 2 atom stereocenters. The van der Waals surface area contributed by atoms with E-state index in [2.05, 4.69) is 72.5 Å². The molecule has 0 aromatic heterocycles. The predicted molar refractivity (Wildman–Crippen MR) is 141 cm³/mol. The van der Waals surface area contributed by atoms with Crippen molar-refractivity contribution < 1.29 is 31.8 Å². The van der Waals surface area contributed by atoms with E-state index in [1.54, 1.807) is 0 Å². The number of hydrogen-bond donors (Lipinski definition) is 1. The molecule has 0 saturated heterocycles. The minimum absolute atomic E-state index is 0.176. The number of carboxylic acid groups (broad SMARTS) is 1. The molecule has 7 nitrogen and oxygen atoms in total. The van der Waals surface area contributed by atoms with E-state index in [1.165, 1.54) is 13.0 Å². The number of aliphatic carboxylic acids is 1. The summed E-state index contributed by atoms with van der Waals surface area (Å²) in [6, 6.07) is 0. The van der Waals surface area contributed by atoms with Gasteiger partial charge in [-0.1, -0.05) is 32.9 Å². The first-order valence-electron chi connectivity index (χ1n) is 11.1. The van der Waals surface area contributed by atoms with Crippen molar-refractivity contribution in [1.29, 1.82) is 0 Å². The second-order valence-electron chi connectivity index (χ2n) is 9.75. The zero-order chi connectivity index (χ0) is 25.8. The van der Waals surface area contributed by atoms with Gasteiger partial charge in [-0.15, -0.1) is 0 Å². The van der Waals surface area contributed by atoms with Crippen molar-refractivity contribution in [3.63, 3.8) is 0 Å². The van der Waals surface area contributed by atoms with Crippen molar-refractivity contribution in [3.8, 4) is 0 Å². The highest BCUT2D eigenvalue weighted by molar-refractivity contribution is 6.86. The molecular formula is C21H46O7Si4. The van der Waals surface area contributed by atoms with E-state index in [-0.39, 0.29) is 11.5 Å². The molecule has 0 heterocycles. The van der Waals surface area contributed by atoms with E-state index in [0.717, 1.165) is 19.3 Å². The van der Waals surface area contributed by atoms with Gasteiger partial charge in [0.15, 0.2) is 16.6 Å². The Morgan fingerprint density at radius 2 is 1.56 bits per heavy atom. The van der Waals surface area contributed by atoms with Crippen LogP contribution in [-0.2, 0) is 26.7 Å². The molecule has 0 fully saturated rings. The lowest BCUT2D eigenvalue weighted by atomic mass is 10.2. The van der Waals surface area contributed by atoms with Gasteiger partial charge in [-0.05, 0) is 71.3 Å².